The van der Waals surface area contributed by atoms with Crippen molar-refractivity contribution >= 4 is 23.3 Å². The summed E-state index contributed by atoms with van der Waals surface area (Å²) in [4.78, 5) is 35.8. The summed E-state index contributed by atoms with van der Waals surface area (Å²) in [6, 6.07) is 14.4. The molecule has 0 fully saturated rings. The Morgan fingerprint density at radius 3 is 2.45 bits per heavy atom. The monoisotopic (exact) mass is 389 g/mol. The van der Waals surface area contributed by atoms with E-state index in [1.165, 1.54) is 10.6 Å². The highest BCUT2D eigenvalue weighted by Crippen LogP contribution is 2.21. The Morgan fingerprint density at radius 1 is 0.931 bits per heavy atom. The maximum absolute atomic E-state index is 11.7. The molecule has 0 radical (unpaired) electrons. The van der Waals surface area contributed by atoms with E-state index in [2.05, 4.69) is 30.6 Å². The molecule has 0 spiro atoms. The van der Waals surface area contributed by atoms with E-state index >= 15 is 0 Å². The minimum Gasteiger partial charge on any atom is -0.364 e. The lowest BCUT2D eigenvalue weighted by Gasteiger charge is -2.07. The first-order chi connectivity index (χ1) is 14.0. The average molecular weight is 389 g/mol. The van der Waals surface area contributed by atoms with E-state index < -0.39 is 11.8 Å². The molecular formula is C18H15N9O2. The van der Waals surface area contributed by atoms with Crippen molar-refractivity contribution in [3.05, 3.63) is 65.6 Å². The Bertz CT molecular complexity index is 1220. The summed E-state index contributed by atoms with van der Waals surface area (Å²) in [7, 11) is 0. The molecule has 0 atom stereocenters. The van der Waals surface area contributed by atoms with E-state index in [9.17, 15) is 9.59 Å². The number of benzene rings is 1. The van der Waals surface area contributed by atoms with E-state index in [-0.39, 0.29) is 29.0 Å². The van der Waals surface area contributed by atoms with Gasteiger partial charge in [-0.25, -0.2) is 9.50 Å². The first-order valence-electron chi connectivity index (χ1n) is 8.51. The zero-order chi connectivity index (χ0) is 20.4. The number of anilines is 1. The normalized spacial score (nSPS) is 10.8. The Morgan fingerprint density at radius 2 is 1.72 bits per heavy atom. The topological polar surface area (TPSA) is 167 Å². The van der Waals surface area contributed by atoms with Gasteiger partial charge in [0.2, 0.25) is 11.8 Å². The van der Waals surface area contributed by atoms with Gasteiger partial charge >= 0.3 is 0 Å². The molecule has 11 heteroatoms. The highest BCUT2D eigenvalue weighted by atomic mass is 16.1. The number of nitrogens with zero attached hydrogens (tertiary/aromatic N) is 6. The van der Waals surface area contributed by atoms with E-state index in [0.717, 1.165) is 5.56 Å². The molecule has 144 valence electrons. The number of rotatable bonds is 6. The van der Waals surface area contributed by atoms with Crippen LogP contribution in [-0.2, 0) is 6.54 Å². The zero-order valence-corrected chi connectivity index (χ0v) is 15.0. The fraction of sp³-hybridized carbons (Fsp3) is 0.0556. The standard InChI is InChI=1S/C18H15N9O2/c19-14(28)12-8-4-7-11-13(25-26-27(11)12)16-22-17(15(20)29)24-18(23-16)21-9-10-5-2-1-3-6-10/h1-8H,9H2,(H2,19,28)(H2,20,29)(H,21,22,23,24). The second-order valence-electron chi connectivity index (χ2n) is 6.02. The molecule has 0 unspecified atom stereocenters. The van der Waals surface area contributed by atoms with Crippen molar-refractivity contribution in [1.82, 2.24) is 29.8 Å². The summed E-state index contributed by atoms with van der Waals surface area (Å²) in [6.07, 6.45) is 0. The van der Waals surface area contributed by atoms with Gasteiger partial charge in [0.25, 0.3) is 11.8 Å². The molecule has 4 aromatic rings. The number of nitrogens with two attached hydrogens (primary N) is 2. The number of primary amides is 2. The zero-order valence-electron chi connectivity index (χ0n) is 15.0. The number of hydrogen-bond acceptors (Lipinski definition) is 8. The minimum absolute atomic E-state index is 0.0842. The van der Waals surface area contributed by atoms with Gasteiger partial charge in [-0.05, 0) is 17.7 Å². The van der Waals surface area contributed by atoms with Gasteiger partial charge in [-0.15, -0.1) is 5.10 Å². The molecule has 0 aliphatic carbocycles. The van der Waals surface area contributed by atoms with Gasteiger partial charge in [-0.3, -0.25) is 9.59 Å². The van der Waals surface area contributed by atoms with Crippen LogP contribution in [0.2, 0.25) is 0 Å². The molecule has 5 N–H and O–H groups in total. The summed E-state index contributed by atoms with van der Waals surface area (Å²) in [5, 5.41) is 11.0. The van der Waals surface area contributed by atoms with Crippen molar-refractivity contribution in [2.75, 3.05) is 5.32 Å². The van der Waals surface area contributed by atoms with Gasteiger partial charge in [0.05, 0.1) is 5.52 Å². The summed E-state index contributed by atoms with van der Waals surface area (Å²) in [5.41, 5.74) is 12.6. The second kappa shape index (κ2) is 7.31. The van der Waals surface area contributed by atoms with Gasteiger partial charge in [-0.1, -0.05) is 41.6 Å². The van der Waals surface area contributed by atoms with Gasteiger partial charge in [0.15, 0.2) is 11.5 Å². The molecule has 0 bridgehead atoms. The van der Waals surface area contributed by atoms with Crippen LogP contribution in [0.1, 0.15) is 26.7 Å². The predicted molar refractivity (Wildman–Crippen MR) is 103 cm³/mol. The predicted octanol–water partition coefficient (Wildman–Crippen LogP) is 0.391. The van der Waals surface area contributed by atoms with Crippen LogP contribution in [0.4, 0.5) is 5.95 Å². The summed E-state index contributed by atoms with van der Waals surface area (Å²) in [5.74, 6) is -1.46. The third kappa shape index (κ3) is 3.56. The van der Waals surface area contributed by atoms with Crippen LogP contribution >= 0.6 is 0 Å². The molecule has 0 saturated heterocycles. The average Bonchev–Trinajstić information content (AvgIpc) is 3.17. The van der Waals surface area contributed by atoms with Crippen LogP contribution in [-0.4, -0.2) is 41.6 Å². The Hall–Kier alpha value is -4.41. The number of nitrogens with one attached hydrogen (secondary N) is 1. The van der Waals surface area contributed by atoms with Crippen LogP contribution in [0.3, 0.4) is 0 Å². The molecule has 29 heavy (non-hydrogen) atoms. The fourth-order valence-corrected chi connectivity index (χ4v) is 2.71. The fourth-order valence-electron chi connectivity index (χ4n) is 2.71. The van der Waals surface area contributed by atoms with Gasteiger partial charge in [0, 0.05) is 6.54 Å². The lowest BCUT2D eigenvalue weighted by molar-refractivity contribution is 0.0983. The SMILES string of the molecule is NC(=O)c1nc(NCc2ccccc2)nc(-c2nnn3c(C(N)=O)cccc23)n1. The number of amides is 2. The highest BCUT2D eigenvalue weighted by molar-refractivity contribution is 5.93. The third-order valence-corrected chi connectivity index (χ3v) is 4.05. The van der Waals surface area contributed by atoms with E-state index in [4.69, 9.17) is 11.5 Å². The first-order valence-corrected chi connectivity index (χ1v) is 8.51. The van der Waals surface area contributed by atoms with E-state index in [1.54, 1.807) is 12.1 Å². The van der Waals surface area contributed by atoms with Crippen molar-refractivity contribution < 1.29 is 9.59 Å². The molecule has 0 saturated carbocycles. The molecule has 11 nitrogen and oxygen atoms in total. The van der Waals surface area contributed by atoms with E-state index in [1.807, 2.05) is 30.3 Å². The van der Waals surface area contributed by atoms with Gasteiger partial charge in [0.1, 0.15) is 5.69 Å². The molecule has 1 aromatic carbocycles. The largest absolute Gasteiger partial charge is 0.364 e. The summed E-state index contributed by atoms with van der Waals surface area (Å²) < 4.78 is 1.28. The minimum atomic E-state index is -0.814. The quantitative estimate of drug-likeness (QED) is 0.425. The molecular weight excluding hydrogens is 374 g/mol. The summed E-state index contributed by atoms with van der Waals surface area (Å²) >= 11 is 0. The van der Waals surface area contributed by atoms with Crippen LogP contribution < -0.4 is 16.8 Å². The number of pyridine rings is 1. The Labute approximate surface area is 163 Å². The molecule has 4 rings (SSSR count). The van der Waals surface area contributed by atoms with Crippen molar-refractivity contribution in [3.8, 4) is 11.5 Å². The lowest BCUT2D eigenvalue weighted by Crippen LogP contribution is -2.18. The van der Waals surface area contributed by atoms with Crippen LogP contribution in [0, 0.1) is 0 Å². The number of fused-ring (bicyclic) bond motifs is 1. The van der Waals surface area contributed by atoms with Crippen molar-refractivity contribution in [1.29, 1.82) is 0 Å². The molecule has 0 aliphatic heterocycles. The molecule has 3 heterocycles. The first kappa shape index (κ1) is 18.0. The molecule has 0 aliphatic rings. The number of carbonyl (C=O) groups excluding carboxylic acids is 2. The van der Waals surface area contributed by atoms with Crippen LogP contribution in [0.15, 0.2) is 48.5 Å². The number of aromatic nitrogens is 6. The smallest absolute Gasteiger partial charge is 0.286 e. The van der Waals surface area contributed by atoms with Crippen molar-refractivity contribution in [2.24, 2.45) is 11.5 Å². The lowest BCUT2D eigenvalue weighted by atomic mass is 10.2. The molecule has 2 amide bonds. The molecule has 3 aromatic heterocycles. The highest BCUT2D eigenvalue weighted by Gasteiger charge is 2.19. The van der Waals surface area contributed by atoms with E-state index in [0.29, 0.717) is 12.1 Å². The Balaban J connectivity index is 1.76. The number of hydrogen-bond donors (Lipinski definition) is 3. The Kier molecular flexibility index (Phi) is 4.53. The van der Waals surface area contributed by atoms with Gasteiger partial charge in [-0.2, -0.15) is 9.97 Å². The maximum Gasteiger partial charge on any atom is 0.286 e. The second-order valence-corrected chi connectivity index (χ2v) is 6.02. The number of carbonyl (C=O) groups is 2. The third-order valence-electron chi connectivity index (χ3n) is 4.05. The van der Waals surface area contributed by atoms with Crippen molar-refractivity contribution in [3.63, 3.8) is 0 Å². The van der Waals surface area contributed by atoms with Crippen LogP contribution in [0.25, 0.3) is 17.0 Å². The van der Waals surface area contributed by atoms with Crippen LogP contribution in [0.5, 0.6) is 0 Å². The summed E-state index contributed by atoms with van der Waals surface area (Å²) in [6.45, 7) is 0.427. The maximum atomic E-state index is 11.7. The van der Waals surface area contributed by atoms with Crippen molar-refractivity contribution in [2.45, 2.75) is 6.54 Å². The van der Waals surface area contributed by atoms with Gasteiger partial charge < -0.3 is 16.8 Å².